The van der Waals surface area contributed by atoms with Crippen molar-refractivity contribution >= 4 is 25.0 Å². The summed E-state index contributed by atoms with van der Waals surface area (Å²) in [5.41, 5.74) is -0.315. The van der Waals surface area contributed by atoms with Crippen LogP contribution in [0.2, 0.25) is 0 Å². The molecule has 1 saturated carbocycles. The van der Waals surface area contributed by atoms with Crippen molar-refractivity contribution in [3.8, 4) is 0 Å². The Morgan fingerprint density at radius 2 is 1.52 bits per heavy atom. The van der Waals surface area contributed by atoms with Crippen LogP contribution in [0.1, 0.15) is 79.6 Å². The quantitative estimate of drug-likeness (QED) is 0.525. The molecule has 0 aromatic rings. The molecule has 2 fully saturated rings. The molecule has 130 valence electrons. The average molecular weight is 343 g/mol. The van der Waals surface area contributed by atoms with E-state index in [1.807, 2.05) is 20.8 Å². The lowest BCUT2D eigenvalue weighted by molar-refractivity contribution is -0.514. The molecule has 1 atom stereocenters. The summed E-state index contributed by atoms with van der Waals surface area (Å²) in [6.07, 6.45) is 7.65. The molecule has 0 N–H and O–H groups in total. The van der Waals surface area contributed by atoms with Crippen LogP contribution in [0.4, 0.5) is 0 Å². The highest BCUT2D eigenvalue weighted by atomic mass is 35.5. The van der Waals surface area contributed by atoms with Gasteiger partial charge in [0, 0.05) is 12.8 Å². The fourth-order valence-corrected chi connectivity index (χ4v) is 2.65. The van der Waals surface area contributed by atoms with Crippen molar-refractivity contribution in [2.45, 2.75) is 91.0 Å². The highest BCUT2D eigenvalue weighted by Crippen LogP contribution is 2.38. The highest BCUT2D eigenvalue weighted by Gasteiger charge is 2.44. The first-order valence-corrected chi connectivity index (χ1v) is 8.84. The number of halogens is 1. The SMILES string of the molecule is CC.CC1(CCS)COC2(CCCCC2)OO1.CCC.Cl. The van der Waals surface area contributed by atoms with Crippen LogP contribution >= 0.6 is 25.0 Å². The van der Waals surface area contributed by atoms with Crippen LogP contribution in [0.15, 0.2) is 0 Å². The van der Waals surface area contributed by atoms with E-state index in [1.165, 1.54) is 25.7 Å². The zero-order chi connectivity index (χ0) is 15.5. The molecule has 1 aliphatic carbocycles. The molecule has 2 rings (SSSR count). The van der Waals surface area contributed by atoms with Gasteiger partial charge in [-0.1, -0.05) is 40.5 Å². The number of rotatable bonds is 2. The molecule has 1 saturated heterocycles. The Morgan fingerprint density at radius 1 is 1.00 bits per heavy atom. The van der Waals surface area contributed by atoms with Crippen molar-refractivity contribution < 1.29 is 14.5 Å². The summed E-state index contributed by atoms with van der Waals surface area (Å²) in [6.45, 7) is 10.9. The normalized spacial score (nSPS) is 26.6. The van der Waals surface area contributed by atoms with Gasteiger partial charge in [0.05, 0.1) is 6.61 Å². The van der Waals surface area contributed by atoms with Gasteiger partial charge in [-0.25, -0.2) is 9.78 Å². The Hall–Kier alpha value is 0.520. The standard InChI is InChI=1S/C11H20O3S.C3H8.C2H6.ClH/c1-10(7-8-15)9-12-11(14-13-10)5-3-2-4-6-11;1-3-2;1-2;/h15H,2-9H2,1H3;3H2,1-2H3;1-2H3;1H. The van der Waals surface area contributed by atoms with Gasteiger partial charge in [0.15, 0.2) is 0 Å². The number of thiol groups is 1. The molecule has 0 amide bonds. The maximum atomic E-state index is 5.89. The van der Waals surface area contributed by atoms with E-state index in [9.17, 15) is 0 Å². The molecule has 5 heteroatoms. The van der Waals surface area contributed by atoms with Gasteiger partial charge in [0.25, 0.3) is 0 Å². The minimum absolute atomic E-state index is 0. The zero-order valence-electron chi connectivity index (χ0n) is 14.4. The third-order valence-corrected chi connectivity index (χ3v) is 3.51. The van der Waals surface area contributed by atoms with Crippen LogP contribution in [0.5, 0.6) is 0 Å². The maximum Gasteiger partial charge on any atom is 0.201 e. The highest BCUT2D eigenvalue weighted by molar-refractivity contribution is 7.80. The van der Waals surface area contributed by atoms with Gasteiger partial charge >= 0.3 is 0 Å². The van der Waals surface area contributed by atoms with Crippen molar-refractivity contribution in [3.05, 3.63) is 0 Å². The van der Waals surface area contributed by atoms with Crippen molar-refractivity contribution in [1.29, 1.82) is 0 Å². The Morgan fingerprint density at radius 3 is 1.90 bits per heavy atom. The van der Waals surface area contributed by atoms with Crippen LogP contribution in [0.25, 0.3) is 0 Å². The number of hydrogen-bond acceptors (Lipinski definition) is 4. The monoisotopic (exact) mass is 342 g/mol. The molecule has 0 aromatic heterocycles. The van der Waals surface area contributed by atoms with Gasteiger partial charge in [-0.3, -0.25) is 0 Å². The summed E-state index contributed by atoms with van der Waals surface area (Å²) in [6, 6.07) is 0. The lowest BCUT2D eigenvalue weighted by Gasteiger charge is -2.44. The lowest BCUT2D eigenvalue weighted by atomic mass is 9.93. The second-order valence-corrected chi connectivity index (χ2v) is 6.00. The van der Waals surface area contributed by atoms with Gasteiger partial charge in [-0.2, -0.15) is 12.6 Å². The average Bonchev–Trinajstić information content (AvgIpc) is 2.47. The maximum absolute atomic E-state index is 5.89. The fraction of sp³-hybridized carbons (Fsp3) is 1.00. The second kappa shape index (κ2) is 13.0. The largest absolute Gasteiger partial charge is 0.344 e. The van der Waals surface area contributed by atoms with E-state index < -0.39 is 5.79 Å². The summed E-state index contributed by atoms with van der Waals surface area (Å²) < 4.78 is 5.89. The summed E-state index contributed by atoms with van der Waals surface area (Å²) in [7, 11) is 0. The Balaban J connectivity index is 0. The van der Waals surface area contributed by atoms with Gasteiger partial charge in [0.2, 0.25) is 5.79 Å². The summed E-state index contributed by atoms with van der Waals surface area (Å²) >= 11 is 4.21. The Kier molecular flexibility index (Phi) is 14.7. The van der Waals surface area contributed by atoms with E-state index >= 15 is 0 Å². The van der Waals surface area contributed by atoms with Crippen molar-refractivity contribution in [2.75, 3.05) is 12.4 Å². The molecule has 21 heavy (non-hydrogen) atoms. The van der Waals surface area contributed by atoms with Gasteiger partial charge in [-0.05, 0) is 31.9 Å². The predicted molar refractivity (Wildman–Crippen MR) is 95.4 cm³/mol. The van der Waals surface area contributed by atoms with Gasteiger partial charge in [-0.15, -0.1) is 12.4 Å². The summed E-state index contributed by atoms with van der Waals surface area (Å²) in [5, 5.41) is 0. The molecule has 1 spiro atoms. The molecular formula is C16H35ClO3S. The minimum atomic E-state index is -0.436. The van der Waals surface area contributed by atoms with Crippen LogP contribution < -0.4 is 0 Å². The fourth-order valence-electron chi connectivity index (χ4n) is 2.18. The van der Waals surface area contributed by atoms with E-state index in [2.05, 4.69) is 26.5 Å². The first-order valence-electron chi connectivity index (χ1n) is 8.21. The third kappa shape index (κ3) is 8.65. The van der Waals surface area contributed by atoms with E-state index in [0.717, 1.165) is 25.0 Å². The first kappa shape index (κ1) is 23.8. The van der Waals surface area contributed by atoms with E-state index in [4.69, 9.17) is 14.5 Å². The first-order chi connectivity index (χ1) is 9.60. The molecule has 1 unspecified atom stereocenters. The van der Waals surface area contributed by atoms with Crippen molar-refractivity contribution in [1.82, 2.24) is 0 Å². The smallest absolute Gasteiger partial charge is 0.201 e. The molecular weight excluding hydrogens is 308 g/mol. The summed E-state index contributed by atoms with van der Waals surface area (Å²) in [4.78, 5) is 11.0. The lowest BCUT2D eigenvalue weighted by Crippen LogP contribution is -2.51. The number of ether oxygens (including phenoxy) is 1. The minimum Gasteiger partial charge on any atom is -0.344 e. The van der Waals surface area contributed by atoms with Gasteiger partial charge < -0.3 is 4.74 Å². The van der Waals surface area contributed by atoms with Gasteiger partial charge in [0.1, 0.15) is 5.60 Å². The second-order valence-electron chi connectivity index (χ2n) is 5.56. The molecule has 1 aliphatic heterocycles. The van der Waals surface area contributed by atoms with Crippen LogP contribution in [0.3, 0.4) is 0 Å². The van der Waals surface area contributed by atoms with Crippen LogP contribution in [0, 0.1) is 0 Å². The molecule has 0 bridgehead atoms. The van der Waals surface area contributed by atoms with Crippen molar-refractivity contribution in [3.63, 3.8) is 0 Å². The number of hydrogen-bond donors (Lipinski definition) is 1. The molecule has 3 nitrogen and oxygen atoms in total. The van der Waals surface area contributed by atoms with Crippen LogP contribution in [-0.2, 0) is 14.5 Å². The zero-order valence-corrected chi connectivity index (χ0v) is 16.2. The van der Waals surface area contributed by atoms with Crippen LogP contribution in [-0.4, -0.2) is 23.7 Å². The topological polar surface area (TPSA) is 27.7 Å². The molecule has 2 aliphatic rings. The Labute approximate surface area is 143 Å². The molecule has 0 radical (unpaired) electrons. The third-order valence-electron chi connectivity index (χ3n) is 3.29. The Bertz CT molecular complexity index is 224. The molecule has 0 aromatic carbocycles. The predicted octanol–water partition coefficient (Wildman–Crippen LogP) is 5.57. The van der Waals surface area contributed by atoms with Crippen molar-refractivity contribution in [2.24, 2.45) is 0 Å². The van der Waals surface area contributed by atoms with E-state index in [0.29, 0.717) is 6.61 Å². The van der Waals surface area contributed by atoms with E-state index in [1.54, 1.807) is 0 Å². The summed E-state index contributed by atoms with van der Waals surface area (Å²) in [5.74, 6) is 0.352. The van der Waals surface area contributed by atoms with E-state index in [-0.39, 0.29) is 18.0 Å². The molecule has 1 heterocycles.